The van der Waals surface area contributed by atoms with Crippen LogP contribution < -0.4 is 4.74 Å². The van der Waals surface area contributed by atoms with E-state index in [1.807, 2.05) is 60.9 Å². The maximum absolute atomic E-state index is 6.45. The highest BCUT2D eigenvalue weighted by molar-refractivity contribution is 6.10. The average Bonchev–Trinajstić information content (AvgIpc) is 3.37. The number of fused-ring (bicyclic) bond motifs is 4. The number of benzene rings is 4. The Morgan fingerprint density at radius 1 is 0.724 bits per heavy atom. The summed E-state index contributed by atoms with van der Waals surface area (Å²) in [5.74, 6) is 1.58. The maximum atomic E-state index is 6.45. The van der Waals surface area contributed by atoms with Gasteiger partial charge in [0.2, 0.25) is 0 Å². The van der Waals surface area contributed by atoms with E-state index in [0.717, 1.165) is 44.6 Å². The fourth-order valence-corrected chi connectivity index (χ4v) is 3.93. The van der Waals surface area contributed by atoms with E-state index in [0.29, 0.717) is 0 Å². The zero-order valence-electron chi connectivity index (χ0n) is 15.5. The maximum Gasteiger partial charge on any atom is 0.175 e. The smallest absolute Gasteiger partial charge is 0.175 e. The van der Waals surface area contributed by atoms with Crippen molar-refractivity contribution in [3.63, 3.8) is 0 Å². The summed E-state index contributed by atoms with van der Waals surface area (Å²) >= 11 is 0. The van der Waals surface area contributed by atoms with Crippen molar-refractivity contribution in [1.29, 1.82) is 0 Å². The van der Waals surface area contributed by atoms with Crippen molar-refractivity contribution in [2.24, 2.45) is 0 Å². The largest absolute Gasteiger partial charge is 0.453 e. The highest BCUT2D eigenvalue weighted by atomic mass is 16.5. The van der Waals surface area contributed by atoms with Gasteiger partial charge in [0.15, 0.2) is 5.75 Å². The van der Waals surface area contributed by atoms with E-state index in [4.69, 9.17) is 4.74 Å². The van der Waals surface area contributed by atoms with Gasteiger partial charge in [-0.3, -0.25) is 4.57 Å². The van der Waals surface area contributed by atoms with Crippen LogP contribution in [-0.2, 0) is 0 Å². The standard InChI is InChI=1S/C25H17N3O/c1-2-8-17(9-3-1)29-25-23(28-16-26-21-12-6-7-13-22(21)28)15-14-19-18-10-4-5-11-20(18)27-24(19)25/h1-16,27H. The van der Waals surface area contributed by atoms with Crippen molar-refractivity contribution in [1.82, 2.24) is 14.5 Å². The molecule has 0 aliphatic carbocycles. The quantitative estimate of drug-likeness (QED) is 0.386. The summed E-state index contributed by atoms with van der Waals surface area (Å²) in [6, 6.07) is 30.6. The number of imidazole rings is 1. The van der Waals surface area contributed by atoms with Crippen LogP contribution in [-0.4, -0.2) is 14.5 Å². The van der Waals surface area contributed by atoms with Gasteiger partial charge in [-0.05, 0) is 42.5 Å². The van der Waals surface area contributed by atoms with E-state index >= 15 is 0 Å². The molecule has 0 saturated heterocycles. The van der Waals surface area contributed by atoms with Gasteiger partial charge in [-0.25, -0.2) is 4.98 Å². The molecule has 4 heteroatoms. The number of hydrogen-bond donors (Lipinski definition) is 1. The molecule has 0 unspecified atom stereocenters. The number of ether oxygens (including phenoxy) is 1. The van der Waals surface area contributed by atoms with E-state index in [1.165, 1.54) is 5.39 Å². The van der Waals surface area contributed by atoms with Crippen molar-refractivity contribution >= 4 is 32.8 Å². The Kier molecular flexibility index (Phi) is 3.43. The molecule has 29 heavy (non-hydrogen) atoms. The van der Waals surface area contributed by atoms with Crippen molar-refractivity contribution in [3.05, 3.63) is 97.3 Å². The molecule has 2 heterocycles. The number of para-hydroxylation sites is 4. The SMILES string of the molecule is c1ccc(Oc2c(-n3cnc4ccccc43)ccc3c2[nH]c2ccccc23)cc1. The molecular weight excluding hydrogens is 358 g/mol. The molecule has 0 saturated carbocycles. The summed E-state index contributed by atoms with van der Waals surface area (Å²) in [7, 11) is 0. The Morgan fingerprint density at radius 2 is 1.52 bits per heavy atom. The minimum absolute atomic E-state index is 0.785. The summed E-state index contributed by atoms with van der Waals surface area (Å²) in [6.45, 7) is 0. The van der Waals surface area contributed by atoms with Gasteiger partial charge in [-0.15, -0.1) is 0 Å². The van der Waals surface area contributed by atoms with Crippen LogP contribution in [0.2, 0.25) is 0 Å². The molecule has 0 amide bonds. The molecule has 0 fully saturated rings. The molecule has 4 aromatic carbocycles. The Morgan fingerprint density at radius 3 is 2.45 bits per heavy atom. The van der Waals surface area contributed by atoms with Crippen LogP contribution in [0.1, 0.15) is 0 Å². The van der Waals surface area contributed by atoms with Gasteiger partial charge in [0.1, 0.15) is 12.1 Å². The van der Waals surface area contributed by atoms with Crippen molar-refractivity contribution in [2.45, 2.75) is 0 Å². The molecule has 2 aromatic heterocycles. The van der Waals surface area contributed by atoms with Gasteiger partial charge < -0.3 is 9.72 Å². The molecular formula is C25H17N3O. The lowest BCUT2D eigenvalue weighted by Crippen LogP contribution is -1.97. The van der Waals surface area contributed by atoms with E-state index in [2.05, 4.69) is 50.9 Å². The van der Waals surface area contributed by atoms with Crippen LogP contribution in [0.15, 0.2) is 97.3 Å². The van der Waals surface area contributed by atoms with Gasteiger partial charge in [-0.1, -0.05) is 48.5 Å². The summed E-state index contributed by atoms with van der Waals surface area (Å²) in [5, 5.41) is 2.32. The van der Waals surface area contributed by atoms with Crippen LogP contribution in [0.4, 0.5) is 0 Å². The minimum atomic E-state index is 0.785. The number of nitrogens with zero attached hydrogens (tertiary/aromatic N) is 2. The first-order valence-corrected chi connectivity index (χ1v) is 9.57. The molecule has 4 nitrogen and oxygen atoms in total. The van der Waals surface area contributed by atoms with Gasteiger partial charge >= 0.3 is 0 Å². The van der Waals surface area contributed by atoms with Crippen molar-refractivity contribution in [3.8, 4) is 17.2 Å². The Labute approximate surface area is 167 Å². The second kappa shape index (κ2) is 6.24. The summed E-state index contributed by atoms with van der Waals surface area (Å²) in [5.41, 5.74) is 5.01. The highest BCUT2D eigenvalue weighted by Crippen LogP contribution is 2.39. The molecule has 6 rings (SSSR count). The van der Waals surface area contributed by atoms with E-state index in [-0.39, 0.29) is 0 Å². The summed E-state index contributed by atoms with van der Waals surface area (Å²) < 4.78 is 8.53. The van der Waals surface area contributed by atoms with Gasteiger partial charge in [0.05, 0.1) is 22.2 Å². The third-order valence-electron chi connectivity index (χ3n) is 5.29. The average molecular weight is 375 g/mol. The predicted molar refractivity (Wildman–Crippen MR) is 117 cm³/mol. The topological polar surface area (TPSA) is 42.8 Å². The first kappa shape index (κ1) is 16.0. The molecule has 0 aliphatic heterocycles. The molecule has 0 bridgehead atoms. The van der Waals surface area contributed by atoms with Gasteiger partial charge in [-0.2, -0.15) is 0 Å². The fraction of sp³-hybridized carbons (Fsp3) is 0. The number of rotatable bonds is 3. The predicted octanol–water partition coefficient (Wildman–Crippen LogP) is 6.45. The van der Waals surface area contributed by atoms with Crippen LogP contribution in [0.25, 0.3) is 38.5 Å². The Hall–Kier alpha value is -4.05. The molecule has 6 aromatic rings. The normalized spacial score (nSPS) is 11.4. The van der Waals surface area contributed by atoms with E-state index < -0.39 is 0 Å². The second-order valence-corrected chi connectivity index (χ2v) is 7.03. The monoisotopic (exact) mass is 375 g/mol. The Balaban J connectivity index is 1.67. The molecule has 0 atom stereocenters. The number of H-pyrrole nitrogens is 1. The molecule has 0 aliphatic rings. The van der Waals surface area contributed by atoms with Crippen molar-refractivity contribution in [2.75, 3.05) is 0 Å². The van der Waals surface area contributed by atoms with Crippen molar-refractivity contribution < 1.29 is 4.74 Å². The van der Waals surface area contributed by atoms with Gasteiger partial charge in [0.25, 0.3) is 0 Å². The third-order valence-corrected chi connectivity index (χ3v) is 5.29. The molecule has 1 N–H and O–H groups in total. The zero-order valence-corrected chi connectivity index (χ0v) is 15.5. The first-order valence-electron chi connectivity index (χ1n) is 9.57. The van der Waals surface area contributed by atoms with Crippen LogP contribution in [0, 0.1) is 0 Å². The fourth-order valence-electron chi connectivity index (χ4n) is 3.93. The zero-order chi connectivity index (χ0) is 19.2. The number of aromatic nitrogens is 3. The van der Waals surface area contributed by atoms with Gasteiger partial charge in [0, 0.05) is 16.3 Å². The molecule has 0 radical (unpaired) electrons. The summed E-state index contributed by atoms with van der Waals surface area (Å²) in [4.78, 5) is 8.12. The van der Waals surface area contributed by atoms with E-state index in [1.54, 1.807) is 0 Å². The van der Waals surface area contributed by atoms with Crippen LogP contribution >= 0.6 is 0 Å². The lowest BCUT2D eigenvalue weighted by Gasteiger charge is -2.14. The summed E-state index contributed by atoms with van der Waals surface area (Å²) in [6.07, 6.45) is 1.85. The number of aromatic amines is 1. The lowest BCUT2D eigenvalue weighted by molar-refractivity contribution is 0.485. The Bertz CT molecular complexity index is 1480. The number of hydrogen-bond acceptors (Lipinski definition) is 2. The lowest BCUT2D eigenvalue weighted by atomic mass is 10.1. The molecule has 138 valence electrons. The minimum Gasteiger partial charge on any atom is -0.453 e. The second-order valence-electron chi connectivity index (χ2n) is 7.03. The van der Waals surface area contributed by atoms with Crippen LogP contribution in [0.5, 0.6) is 11.5 Å². The van der Waals surface area contributed by atoms with E-state index in [9.17, 15) is 0 Å². The highest BCUT2D eigenvalue weighted by Gasteiger charge is 2.17. The molecule has 0 spiro atoms. The van der Waals surface area contributed by atoms with Crippen LogP contribution in [0.3, 0.4) is 0 Å². The number of nitrogens with one attached hydrogen (secondary N) is 1. The first-order chi connectivity index (χ1) is 14.4. The third kappa shape index (κ3) is 2.50.